The maximum atomic E-state index is 12.6. The minimum atomic E-state index is 0.209. The van der Waals surface area contributed by atoms with Gasteiger partial charge in [-0.15, -0.1) is 11.3 Å². The van der Waals surface area contributed by atoms with Gasteiger partial charge in [0.2, 0.25) is 5.91 Å². The number of ether oxygens (including phenoxy) is 1. The number of carbonyl (C=O) groups is 1. The van der Waals surface area contributed by atoms with Crippen LogP contribution >= 0.6 is 11.3 Å². The molecule has 0 radical (unpaired) electrons. The summed E-state index contributed by atoms with van der Waals surface area (Å²) < 4.78 is 5.91. The van der Waals surface area contributed by atoms with Crippen molar-refractivity contribution in [2.45, 2.75) is 73.6 Å². The summed E-state index contributed by atoms with van der Waals surface area (Å²) in [7, 11) is 0. The predicted molar refractivity (Wildman–Crippen MR) is 112 cm³/mol. The molecular weight excluding hydrogens is 356 g/mol. The highest BCUT2D eigenvalue weighted by atomic mass is 32.1. The predicted octanol–water partition coefficient (Wildman–Crippen LogP) is 5.51. The summed E-state index contributed by atoms with van der Waals surface area (Å²) in [4.78, 5) is 19.3. The maximum absolute atomic E-state index is 12.6. The molecule has 27 heavy (non-hydrogen) atoms. The van der Waals surface area contributed by atoms with Gasteiger partial charge in [-0.05, 0) is 56.4 Å². The second-order valence-electron chi connectivity index (χ2n) is 7.72. The highest BCUT2D eigenvalue weighted by Gasteiger charge is 2.21. The molecule has 1 aromatic carbocycles. The lowest BCUT2D eigenvalue weighted by atomic mass is 10.1. The van der Waals surface area contributed by atoms with Crippen LogP contribution in [0.15, 0.2) is 23.6 Å². The van der Waals surface area contributed by atoms with E-state index in [4.69, 9.17) is 4.74 Å². The zero-order valence-corrected chi connectivity index (χ0v) is 18.2. The first-order valence-electron chi connectivity index (χ1n) is 9.72. The van der Waals surface area contributed by atoms with E-state index >= 15 is 0 Å². The lowest BCUT2D eigenvalue weighted by Crippen LogP contribution is -2.38. The zero-order valence-electron chi connectivity index (χ0n) is 17.4. The van der Waals surface area contributed by atoms with E-state index in [-0.39, 0.29) is 11.9 Å². The van der Waals surface area contributed by atoms with Crippen LogP contribution in [0.3, 0.4) is 0 Å². The molecule has 1 amide bonds. The number of aromatic nitrogens is 1. The van der Waals surface area contributed by atoms with E-state index in [1.54, 1.807) is 11.3 Å². The number of carbonyl (C=O) groups excluding carboxylic acids is 1. The minimum Gasteiger partial charge on any atom is -0.486 e. The lowest BCUT2D eigenvalue weighted by Gasteiger charge is -2.28. The van der Waals surface area contributed by atoms with Gasteiger partial charge in [-0.25, -0.2) is 4.98 Å². The number of hydrogen-bond acceptors (Lipinski definition) is 4. The zero-order chi connectivity index (χ0) is 20.0. The molecular formula is C22H32N2O2S. The molecule has 0 aliphatic carbocycles. The molecule has 1 heterocycles. The smallest absolute Gasteiger partial charge is 0.223 e. The SMILES string of the molecule is CC[C@H](C)N(Cc1csc(COc2cc(C)cc(C)c2)n1)C(=O)CC(C)C. The van der Waals surface area contributed by atoms with E-state index in [2.05, 4.69) is 52.6 Å². The molecule has 5 heteroatoms. The molecule has 0 saturated carbocycles. The molecule has 148 valence electrons. The normalized spacial score (nSPS) is 12.3. The van der Waals surface area contributed by atoms with Crippen LogP contribution in [-0.4, -0.2) is 21.8 Å². The summed E-state index contributed by atoms with van der Waals surface area (Å²) in [5, 5.41) is 2.97. The molecule has 2 aromatic rings. The van der Waals surface area contributed by atoms with Gasteiger partial charge in [-0.1, -0.05) is 26.8 Å². The van der Waals surface area contributed by atoms with Crippen molar-refractivity contribution >= 4 is 17.2 Å². The Hall–Kier alpha value is -1.88. The summed E-state index contributed by atoms with van der Waals surface area (Å²) in [5.74, 6) is 1.44. The van der Waals surface area contributed by atoms with Crippen molar-refractivity contribution in [3.63, 3.8) is 0 Å². The number of benzene rings is 1. The third-order valence-corrected chi connectivity index (χ3v) is 5.39. The van der Waals surface area contributed by atoms with Crippen LogP contribution in [0, 0.1) is 19.8 Å². The Morgan fingerprint density at radius 1 is 1.19 bits per heavy atom. The third kappa shape index (κ3) is 6.65. The number of hydrogen-bond donors (Lipinski definition) is 0. The second kappa shape index (κ2) is 9.88. The number of amides is 1. The molecule has 0 spiro atoms. The van der Waals surface area contributed by atoms with Gasteiger partial charge in [0, 0.05) is 17.8 Å². The quantitative estimate of drug-likeness (QED) is 0.568. The van der Waals surface area contributed by atoms with Crippen LogP contribution < -0.4 is 4.74 Å². The Morgan fingerprint density at radius 3 is 2.44 bits per heavy atom. The molecule has 0 N–H and O–H groups in total. The van der Waals surface area contributed by atoms with E-state index in [0.717, 1.165) is 22.9 Å². The van der Waals surface area contributed by atoms with Crippen molar-refractivity contribution in [1.82, 2.24) is 9.88 Å². The van der Waals surface area contributed by atoms with Gasteiger partial charge in [0.25, 0.3) is 0 Å². The fraction of sp³-hybridized carbons (Fsp3) is 0.545. The Balaban J connectivity index is 2.01. The first kappa shape index (κ1) is 21.4. The first-order chi connectivity index (χ1) is 12.8. The van der Waals surface area contributed by atoms with Crippen molar-refractivity contribution in [2.24, 2.45) is 5.92 Å². The van der Waals surface area contributed by atoms with Crippen LogP contribution in [-0.2, 0) is 17.9 Å². The highest BCUT2D eigenvalue weighted by molar-refractivity contribution is 7.09. The topological polar surface area (TPSA) is 42.4 Å². The monoisotopic (exact) mass is 388 g/mol. The molecule has 0 aliphatic heterocycles. The van der Waals surface area contributed by atoms with Gasteiger partial charge in [0.1, 0.15) is 17.4 Å². The standard InChI is InChI=1S/C22H32N2O2S/c1-7-18(6)24(22(25)8-15(2)3)12-19-14-27-21(23-19)13-26-20-10-16(4)9-17(5)11-20/h9-11,14-15,18H,7-8,12-13H2,1-6H3/t18-/m0/s1. The lowest BCUT2D eigenvalue weighted by molar-refractivity contribution is -0.134. The third-order valence-electron chi connectivity index (χ3n) is 4.52. The fourth-order valence-electron chi connectivity index (χ4n) is 3.00. The Labute approximate surface area is 167 Å². The average molecular weight is 389 g/mol. The van der Waals surface area contributed by atoms with Crippen LogP contribution in [0.5, 0.6) is 5.75 Å². The van der Waals surface area contributed by atoms with Gasteiger partial charge in [0.05, 0.1) is 12.2 Å². The van der Waals surface area contributed by atoms with Crippen LogP contribution in [0.25, 0.3) is 0 Å². The maximum Gasteiger partial charge on any atom is 0.223 e. The van der Waals surface area contributed by atoms with E-state index in [0.29, 0.717) is 25.5 Å². The van der Waals surface area contributed by atoms with Gasteiger partial charge in [-0.3, -0.25) is 4.79 Å². The molecule has 1 aromatic heterocycles. The van der Waals surface area contributed by atoms with Crippen molar-refractivity contribution < 1.29 is 9.53 Å². The second-order valence-corrected chi connectivity index (χ2v) is 8.66. The summed E-state index contributed by atoms with van der Waals surface area (Å²) in [6, 6.07) is 6.42. The average Bonchev–Trinajstić information content (AvgIpc) is 3.03. The van der Waals surface area contributed by atoms with E-state index in [1.807, 2.05) is 22.4 Å². The van der Waals surface area contributed by atoms with Crippen molar-refractivity contribution in [2.75, 3.05) is 0 Å². The molecule has 0 aliphatic rings. The van der Waals surface area contributed by atoms with Crippen molar-refractivity contribution in [1.29, 1.82) is 0 Å². The number of rotatable bonds is 9. The number of thiazole rings is 1. The number of aryl methyl sites for hydroxylation is 2. The fourth-order valence-corrected chi connectivity index (χ4v) is 3.70. The summed E-state index contributed by atoms with van der Waals surface area (Å²) in [6.45, 7) is 13.5. The Bertz CT molecular complexity index is 734. The molecule has 1 atom stereocenters. The van der Waals surface area contributed by atoms with Gasteiger partial charge in [0.15, 0.2) is 0 Å². The molecule has 0 saturated heterocycles. The van der Waals surface area contributed by atoms with Crippen LogP contribution in [0.4, 0.5) is 0 Å². The highest BCUT2D eigenvalue weighted by Crippen LogP contribution is 2.20. The van der Waals surface area contributed by atoms with Crippen molar-refractivity contribution in [3.05, 3.63) is 45.4 Å². The Kier molecular flexibility index (Phi) is 7.84. The van der Waals surface area contributed by atoms with Crippen LogP contribution in [0.2, 0.25) is 0 Å². The number of nitrogens with zero attached hydrogens (tertiary/aromatic N) is 2. The van der Waals surface area contributed by atoms with Crippen molar-refractivity contribution in [3.8, 4) is 5.75 Å². The summed E-state index contributed by atoms with van der Waals surface area (Å²) >= 11 is 1.59. The molecule has 2 rings (SSSR count). The molecule has 0 fully saturated rings. The van der Waals surface area contributed by atoms with E-state index < -0.39 is 0 Å². The summed E-state index contributed by atoms with van der Waals surface area (Å²) in [5.41, 5.74) is 3.33. The molecule has 4 nitrogen and oxygen atoms in total. The van der Waals surface area contributed by atoms with Gasteiger partial charge < -0.3 is 9.64 Å². The Morgan fingerprint density at radius 2 is 1.85 bits per heavy atom. The minimum absolute atomic E-state index is 0.209. The van der Waals surface area contributed by atoms with Crippen LogP contribution in [0.1, 0.15) is 62.4 Å². The van der Waals surface area contributed by atoms with E-state index in [9.17, 15) is 4.79 Å². The largest absolute Gasteiger partial charge is 0.486 e. The van der Waals surface area contributed by atoms with Gasteiger partial charge >= 0.3 is 0 Å². The van der Waals surface area contributed by atoms with E-state index in [1.165, 1.54) is 11.1 Å². The molecule has 0 unspecified atom stereocenters. The van der Waals surface area contributed by atoms with Gasteiger partial charge in [-0.2, -0.15) is 0 Å². The first-order valence-corrected chi connectivity index (χ1v) is 10.6. The molecule has 0 bridgehead atoms. The summed E-state index contributed by atoms with van der Waals surface area (Å²) in [6.07, 6.45) is 1.52.